The van der Waals surface area contributed by atoms with Crippen LogP contribution < -0.4 is 14.8 Å². The molecule has 1 aromatic carbocycles. The smallest absolute Gasteiger partial charge is 0.265 e. The maximum Gasteiger partial charge on any atom is 0.265 e. The molecule has 3 aliphatic heterocycles. The third-order valence-electron chi connectivity index (χ3n) is 5.64. The fourth-order valence-corrected chi connectivity index (χ4v) is 4.99. The molecule has 2 atom stereocenters. The normalized spacial score (nSPS) is 23.5. The first-order valence-corrected chi connectivity index (χ1v) is 9.95. The molecule has 2 saturated heterocycles. The molecule has 8 heteroatoms. The molecule has 144 valence electrons. The third kappa shape index (κ3) is 3.51. The number of carbonyl (C=O) groups is 1. The second kappa shape index (κ2) is 7.66. The van der Waals surface area contributed by atoms with Crippen LogP contribution in [-0.4, -0.2) is 48.8 Å². The minimum Gasteiger partial charge on any atom is -0.454 e. The van der Waals surface area contributed by atoms with Crippen LogP contribution in [0, 0.1) is 11.8 Å². The Labute approximate surface area is 168 Å². The summed E-state index contributed by atoms with van der Waals surface area (Å²) in [5.41, 5.74) is 0.953. The van der Waals surface area contributed by atoms with Gasteiger partial charge in [0.1, 0.15) is 9.88 Å². The van der Waals surface area contributed by atoms with E-state index in [9.17, 15) is 4.79 Å². The van der Waals surface area contributed by atoms with Crippen LogP contribution in [0.25, 0.3) is 10.6 Å². The molecule has 1 amide bonds. The number of carbonyl (C=O) groups excluding carboxylic acids is 1. The number of hydrogen-bond acceptors (Lipinski definition) is 6. The Morgan fingerprint density at radius 1 is 1.15 bits per heavy atom. The lowest BCUT2D eigenvalue weighted by Gasteiger charge is -2.19. The van der Waals surface area contributed by atoms with Crippen LogP contribution in [0.4, 0.5) is 0 Å². The summed E-state index contributed by atoms with van der Waals surface area (Å²) in [5.74, 6) is 3.05. The number of hydrogen-bond donors (Lipinski definition) is 1. The van der Waals surface area contributed by atoms with Gasteiger partial charge in [-0.3, -0.25) is 4.79 Å². The minimum absolute atomic E-state index is 0. The van der Waals surface area contributed by atoms with Crippen molar-refractivity contribution in [3.05, 3.63) is 29.3 Å². The number of rotatable bonds is 2. The van der Waals surface area contributed by atoms with Crippen molar-refractivity contribution in [3.63, 3.8) is 0 Å². The Kier molecular flexibility index (Phi) is 5.25. The minimum atomic E-state index is 0. The SMILES string of the molecule is Cl.O=C(c1cnc(-c2ccc3c(c2)OCO3)s1)N1CC[C@@H]2CNC[C@@H]2CC1. The fourth-order valence-electron chi connectivity index (χ4n) is 4.11. The van der Waals surface area contributed by atoms with E-state index < -0.39 is 0 Å². The van der Waals surface area contributed by atoms with E-state index in [1.807, 2.05) is 23.1 Å². The highest BCUT2D eigenvalue weighted by molar-refractivity contribution is 7.16. The number of nitrogens with one attached hydrogen (secondary N) is 1. The molecule has 0 aliphatic carbocycles. The van der Waals surface area contributed by atoms with Gasteiger partial charge in [0.15, 0.2) is 11.5 Å². The number of likely N-dealkylation sites (tertiary alicyclic amines) is 1. The van der Waals surface area contributed by atoms with E-state index in [1.54, 1.807) is 6.20 Å². The second-order valence-electron chi connectivity index (χ2n) is 7.15. The number of aromatic nitrogens is 1. The molecule has 2 fully saturated rings. The highest BCUT2D eigenvalue weighted by Gasteiger charge is 2.32. The van der Waals surface area contributed by atoms with Crippen molar-refractivity contribution in [2.75, 3.05) is 33.0 Å². The Balaban J connectivity index is 0.00000180. The van der Waals surface area contributed by atoms with Crippen LogP contribution in [0.3, 0.4) is 0 Å². The zero-order valence-electron chi connectivity index (χ0n) is 14.8. The van der Waals surface area contributed by atoms with Crippen LogP contribution in [0.2, 0.25) is 0 Å². The predicted octanol–water partition coefficient (Wildman–Crippen LogP) is 3.03. The molecule has 0 spiro atoms. The molecule has 1 N–H and O–H groups in total. The average molecular weight is 408 g/mol. The summed E-state index contributed by atoms with van der Waals surface area (Å²) in [6, 6.07) is 5.78. The van der Waals surface area contributed by atoms with Gasteiger partial charge in [0.05, 0.1) is 6.20 Å². The molecule has 5 rings (SSSR count). The van der Waals surface area contributed by atoms with Crippen LogP contribution in [0.5, 0.6) is 11.5 Å². The van der Waals surface area contributed by atoms with Gasteiger partial charge >= 0.3 is 0 Å². The second-order valence-corrected chi connectivity index (χ2v) is 8.18. The van der Waals surface area contributed by atoms with Gasteiger partial charge in [0.25, 0.3) is 5.91 Å². The van der Waals surface area contributed by atoms with Crippen molar-refractivity contribution in [2.45, 2.75) is 12.8 Å². The first-order chi connectivity index (χ1) is 12.8. The highest BCUT2D eigenvalue weighted by atomic mass is 35.5. The monoisotopic (exact) mass is 407 g/mol. The van der Waals surface area contributed by atoms with Gasteiger partial charge in [-0.2, -0.15) is 0 Å². The Morgan fingerprint density at radius 2 is 1.89 bits per heavy atom. The Bertz CT molecular complexity index is 829. The number of nitrogens with zero attached hydrogens (tertiary/aromatic N) is 2. The van der Waals surface area contributed by atoms with E-state index in [0.717, 1.165) is 72.9 Å². The summed E-state index contributed by atoms with van der Waals surface area (Å²) >= 11 is 1.45. The largest absolute Gasteiger partial charge is 0.454 e. The zero-order valence-corrected chi connectivity index (χ0v) is 16.5. The molecule has 0 unspecified atom stereocenters. The van der Waals surface area contributed by atoms with Gasteiger partial charge in [-0.05, 0) is 56.0 Å². The summed E-state index contributed by atoms with van der Waals surface area (Å²) in [4.78, 5) is 20.1. The summed E-state index contributed by atoms with van der Waals surface area (Å²) in [5, 5.41) is 4.31. The molecule has 0 radical (unpaired) electrons. The first-order valence-electron chi connectivity index (χ1n) is 9.14. The lowest BCUT2D eigenvalue weighted by Crippen LogP contribution is -2.32. The molecular weight excluding hydrogens is 386 g/mol. The van der Waals surface area contributed by atoms with Crippen molar-refractivity contribution in [2.24, 2.45) is 11.8 Å². The molecule has 27 heavy (non-hydrogen) atoms. The number of benzene rings is 1. The van der Waals surface area contributed by atoms with Crippen molar-refractivity contribution in [1.29, 1.82) is 0 Å². The highest BCUT2D eigenvalue weighted by Crippen LogP contribution is 2.37. The first kappa shape index (κ1) is 18.5. The van der Waals surface area contributed by atoms with E-state index in [0.29, 0.717) is 4.88 Å². The number of ether oxygens (including phenoxy) is 2. The van der Waals surface area contributed by atoms with Crippen molar-refractivity contribution in [1.82, 2.24) is 15.2 Å². The topological polar surface area (TPSA) is 63.7 Å². The molecule has 6 nitrogen and oxygen atoms in total. The number of amides is 1. The van der Waals surface area contributed by atoms with Gasteiger partial charge in [0, 0.05) is 18.7 Å². The van der Waals surface area contributed by atoms with Crippen LogP contribution >= 0.6 is 23.7 Å². The Hall–Kier alpha value is -1.83. The molecule has 0 saturated carbocycles. The van der Waals surface area contributed by atoms with Crippen molar-refractivity contribution >= 4 is 29.7 Å². The third-order valence-corrected chi connectivity index (χ3v) is 6.68. The molecule has 1 aromatic heterocycles. The maximum atomic E-state index is 12.9. The predicted molar refractivity (Wildman–Crippen MR) is 106 cm³/mol. The lowest BCUT2D eigenvalue weighted by molar-refractivity contribution is 0.0763. The molecule has 2 aromatic rings. The van der Waals surface area contributed by atoms with Gasteiger partial charge in [-0.15, -0.1) is 23.7 Å². The molecule has 3 aliphatic rings. The van der Waals surface area contributed by atoms with Gasteiger partial charge in [-0.25, -0.2) is 4.98 Å². The van der Waals surface area contributed by atoms with Crippen LogP contribution in [-0.2, 0) is 0 Å². The number of fused-ring (bicyclic) bond motifs is 2. The summed E-state index contributed by atoms with van der Waals surface area (Å²) in [7, 11) is 0. The maximum absolute atomic E-state index is 12.9. The van der Waals surface area contributed by atoms with E-state index >= 15 is 0 Å². The van der Waals surface area contributed by atoms with Gasteiger partial charge in [-0.1, -0.05) is 0 Å². The fraction of sp³-hybridized carbons (Fsp3) is 0.474. The van der Waals surface area contributed by atoms with E-state index in [-0.39, 0.29) is 25.1 Å². The number of thiazole rings is 1. The molecule has 0 bridgehead atoms. The summed E-state index contributed by atoms with van der Waals surface area (Å²) in [6.07, 6.45) is 3.90. The van der Waals surface area contributed by atoms with Crippen LogP contribution in [0.15, 0.2) is 24.4 Å². The Morgan fingerprint density at radius 3 is 2.67 bits per heavy atom. The summed E-state index contributed by atoms with van der Waals surface area (Å²) < 4.78 is 10.8. The standard InChI is InChI=1S/C19H21N3O3S.ClH/c23-19(22-5-3-13-8-20-9-14(13)4-6-22)17-10-21-18(26-17)12-1-2-15-16(7-12)25-11-24-15;/h1-2,7,10,13-14,20H,3-6,8-9,11H2;1H/t13-,14+;. The molecular formula is C19H22ClN3O3S. The summed E-state index contributed by atoms with van der Waals surface area (Å²) in [6.45, 7) is 4.15. The van der Waals surface area contributed by atoms with E-state index in [2.05, 4.69) is 10.3 Å². The van der Waals surface area contributed by atoms with Crippen molar-refractivity contribution in [3.8, 4) is 22.1 Å². The zero-order chi connectivity index (χ0) is 17.5. The van der Waals surface area contributed by atoms with E-state index in [1.165, 1.54) is 11.3 Å². The van der Waals surface area contributed by atoms with Crippen molar-refractivity contribution < 1.29 is 14.3 Å². The van der Waals surface area contributed by atoms with Crippen LogP contribution in [0.1, 0.15) is 22.5 Å². The number of halogens is 1. The van der Waals surface area contributed by atoms with Gasteiger partial charge < -0.3 is 19.7 Å². The lowest BCUT2D eigenvalue weighted by atomic mass is 9.92. The average Bonchev–Trinajstić information content (AvgIpc) is 3.39. The van der Waals surface area contributed by atoms with E-state index in [4.69, 9.17) is 9.47 Å². The van der Waals surface area contributed by atoms with Gasteiger partial charge in [0.2, 0.25) is 6.79 Å². The quantitative estimate of drug-likeness (QED) is 0.829. The molecule has 4 heterocycles.